The zero-order valence-corrected chi connectivity index (χ0v) is 12.8. The van der Waals surface area contributed by atoms with Crippen molar-refractivity contribution in [2.45, 2.75) is 19.9 Å². The van der Waals surface area contributed by atoms with Crippen LogP contribution in [0.2, 0.25) is 0 Å². The molecule has 1 aliphatic heterocycles. The Bertz CT molecular complexity index is 539. The van der Waals surface area contributed by atoms with Gasteiger partial charge in [0.1, 0.15) is 5.82 Å². The zero-order chi connectivity index (χ0) is 14.7. The third-order valence-electron chi connectivity index (χ3n) is 3.18. The van der Waals surface area contributed by atoms with E-state index in [2.05, 4.69) is 10.6 Å². The monoisotopic (exact) mass is 315 g/mol. The summed E-state index contributed by atoms with van der Waals surface area (Å²) in [6.45, 7) is 5.28. The highest BCUT2D eigenvalue weighted by atomic mass is 35.5. The Balaban J connectivity index is 0.00000220. The number of rotatable bonds is 2. The van der Waals surface area contributed by atoms with Crippen molar-refractivity contribution in [2.75, 3.05) is 25.0 Å². The predicted octanol–water partition coefficient (Wildman–Crippen LogP) is 1.64. The van der Waals surface area contributed by atoms with Gasteiger partial charge < -0.3 is 15.5 Å². The van der Waals surface area contributed by atoms with Crippen LogP contribution in [0.15, 0.2) is 18.2 Å². The second-order valence-corrected chi connectivity index (χ2v) is 4.98. The number of hydrogen-bond donors (Lipinski definition) is 2. The van der Waals surface area contributed by atoms with Gasteiger partial charge in [-0.15, -0.1) is 12.4 Å². The summed E-state index contributed by atoms with van der Waals surface area (Å²) in [4.78, 5) is 25.1. The number of nitrogens with one attached hydrogen (secondary N) is 2. The van der Waals surface area contributed by atoms with E-state index in [1.807, 2.05) is 6.92 Å². The summed E-state index contributed by atoms with van der Waals surface area (Å²) >= 11 is 0. The number of carbonyl (C=O) groups excluding carboxylic acids is 2. The van der Waals surface area contributed by atoms with Gasteiger partial charge in [-0.1, -0.05) is 0 Å². The molecule has 1 saturated heterocycles. The summed E-state index contributed by atoms with van der Waals surface area (Å²) < 4.78 is 13.5. The minimum atomic E-state index is -0.551. The molecular formula is C14H19ClFN3O2. The van der Waals surface area contributed by atoms with E-state index in [0.717, 1.165) is 6.54 Å². The quantitative estimate of drug-likeness (QED) is 0.872. The van der Waals surface area contributed by atoms with Gasteiger partial charge in [0.05, 0.1) is 5.69 Å². The van der Waals surface area contributed by atoms with Crippen LogP contribution in [0.25, 0.3) is 0 Å². The molecule has 0 aliphatic carbocycles. The summed E-state index contributed by atoms with van der Waals surface area (Å²) in [5.74, 6) is -1.07. The molecule has 1 fully saturated rings. The first kappa shape index (κ1) is 17.4. The highest BCUT2D eigenvalue weighted by molar-refractivity contribution is 5.97. The number of halogens is 2. The van der Waals surface area contributed by atoms with Crippen molar-refractivity contribution >= 4 is 29.9 Å². The fourth-order valence-corrected chi connectivity index (χ4v) is 2.24. The Hall–Kier alpha value is -1.66. The molecule has 1 unspecified atom stereocenters. The summed E-state index contributed by atoms with van der Waals surface area (Å²) in [5.41, 5.74) is 0.413. The largest absolute Gasteiger partial charge is 0.336 e. The zero-order valence-electron chi connectivity index (χ0n) is 12.0. The first-order valence-corrected chi connectivity index (χ1v) is 6.57. The van der Waals surface area contributed by atoms with E-state index in [1.165, 1.54) is 25.1 Å². The van der Waals surface area contributed by atoms with Crippen molar-refractivity contribution in [3.8, 4) is 0 Å². The number of amides is 2. The third kappa shape index (κ3) is 4.41. The lowest BCUT2D eigenvalue weighted by Crippen LogP contribution is -2.51. The minimum absolute atomic E-state index is 0. The first-order valence-electron chi connectivity index (χ1n) is 6.57. The molecule has 21 heavy (non-hydrogen) atoms. The number of benzene rings is 1. The normalized spacial score (nSPS) is 17.9. The molecule has 116 valence electrons. The number of nitrogens with zero attached hydrogens (tertiary/aromatic N) is 1. The molecule has 2 N–H and O–H groups in total. The maximum Gasteiger partial charge on any atom is 0.254 e. The van der Waals surface area contributed by atoms with E-state index in [4.69, 9.17) is 0 Å². The fraction of sp³-hybridized carbons (Fsp3) is 0.429. The molecule has 5 nitrogen and oxygen atoms in total. The molecule has 1 heterocycles. The Morgan fingerprint density at radius 3 is 2.76 bits per heavy atom. The van der Waals surface area contributed by atoms with Crippen LogP contribution in [0.4, 0.5) is 10.1 Å². The van der Waals surface area contributed by atoms with E-state index in [9.17, 15) is 14.0 Å². The van der Waals surface area contributed by atoms with E-state index >= 15 is 0 Å². The fourth-order valence-electron chi connectivity index (χ4n) is 2.24. The summed E-state index contributed by atoms with van der Waals surface area (Å²) in [6.07, 6.45) is 0. The molecule has 1 atom stereocenters. The topological polar surface area (TPSA) is 61.4 Å². The second kappa shape index (κ2) is 7.38. The van der Waals surface area contributed by atoms with Crippen LogP contribution in [0.3, 0.4) is 0 Å². The van der Waals surface area contributed by atoms with Gasteiger partial charge in [-0.3, -0.25) is 9.59 Å². The molecule has 2 amide bonds. The summed E-state index contributed by atoms with van der Waals surface area (Å²) in [5, 5.41) is 5.64. The second-order valence-electron chi connectivity index (χ2n) is 4.98. The molecule has 1 aromatic rings. The Kier molecular flexibility index (Phi) is 6.11. The van der Waals surface area contributed by atoms with Gasteiger partial charge >= 0.3 is 0 Å². The molecule has 0 aromatic heterocycles. The van der Waals surface area contributed by atoms with Crippen molar-refractivity contribution in [3.63, 3.8) is 0 Å². The van der Waals surface area contributed by atoms with Crippen molar-refractivity contribution in [3.05, 3.63) is 29.6 Å². The Morgan fingerprint density at radius 1 is 1.43 bits per heavy atom. The van der Waals surface area contributed by atoms with Gasteiger partial charge in [-0.2, -0.15) is 0 Å². The van der Waals surface area contributed by atoms with E-state index in [-0.39, 0.29) is 36.0 Å². The molecule has 2 rings (SSSR count). The number of anilines is 1. The third-order valence-corrected chi connectivity index (χ3v) is 3.18. The molecule has 0 spiro atoms. The summed E-state index contributed by atoms with van der Waals surface area (Å²) in [7, 11) is 0. The van der Waals surface area contributed by atoms with Crippen molar-refractivity contribution in [2.24, 2.45) is 0 Å². The average molecular weight is 316 g/mol. The van der Waals surface area contributed by atoms with Crippen LogP contribution in [0.1, 0.15) is 24.2 Å². The van der Waals surface area contributed by atoms with Crippen LogP contribution in [-0.2, 0) is 4.79 Å². The van der Waals surface area contributed by atoms with E-state index < -0.39 is 5.82 Å². The van der Waals surface area contributed by atoms with Crippen molar-refractivity contribution in [1.82, 2.24) is 10.2 Å². The van der Waals surface area contributed by atoms with Gasteiger partial charge in [0.25, 0.3) is 5.91 Å². The van der Waals surface area contributed by atoms with Crippen LogP contribution >= 0.6 is 12.4 Å². The lowest BCUT2D eigenvalue weighted by molar-refractivity contribution is -0.114. The lowest BCUT2D eigenvalue weighted by Gasteiger charge is -2.32. The van der Waals surface area contributed by atoms with Gasteiger partial charge in [0, 0.05) is 38.2 Å². The average Bonchev–Trinajstić information content (AvgIpc) is 2.40. The first-order chi connectivity index (χ1) is 9.47. The maximum atomic E-state index is 13.5. The van der Waals surface area contributed by atoms with Crippen LogP contribution in [-0.4, -0.2) is 42.4 Å². The molecular weight excluding hydrogens is 297 g/mol. The van der Waals surface area contributed by atoms with Crippen molar-refractivity contribution in [1.29, 1.82) is 0 Å². The Labute approximate surface area is 129 Å². The van der Waals surface area contributed by atoms with Crippen LogP contribution in [0, 0.1) is 5.82 Å². The minimum Gasteiger partial charge on any atom is -0.336 e. The number of piperazine rings is 1. The highest BCUT2D eigenvalue weighted by Crippen LogP contribution is 2.18. The van der Waals surface area contributed by atoms with Gasteiger partial charge in [-0.05, 0) is 25.1 Å². The Morgan fingerprint density at radius 2 is 2.14 bits per heavy atom. The van der Waals surface area contributed by atoms with Crippen LogP contribution in [0.5, 0.6) is 0 Å². The standard InChI is InChI=1S/C14H18FN3O2.ClH/c1-9-8-18(6-5-16-9)14(20)11-3-4-12(15)13(7-11)17-10(2)19;/h3-4,7,9,16H,5-6,8H2,1-2H3,(H,17,19);1H. The number of carbonyl (C=O) groups is 2. The molecule has 0 radical (unpaired) electrons. The maximum absolute atomic E-state index is 13.5. The van der Waals surface area contributed by atoms with Gasteiger partial charge in [-0.25, -0.2) is 4.39 Å². The number of hydrogen-bond acceptors (Lipinski definition) is 3. The van der Waals surface area contributed by atoms with E-state index in [1.54, 1.807) is 4.90 Å². The molecule has 0 bridgehead atoms. The predicted molar refractivity (Wildman–Crippen MR) is 81.3 cm³/mol. The molecule has 1 aliphatic rings. The summed E-state index contributed by atoms with van der Waals surface area (Å²) in [6, 6.07) is 4.26. The van der Waals surface area contributed by atoms with Crippen LogP contribution < -0.4 is 10.6 Å². The van der Waals surface area contributed by atoms with Gasteiger partial charge in [0.15, 0.2) is 0 Å². The van der Waals surface area contributed by atoms with Gasteiger partial charge in [0.2, 0.25) is 5.91 Å². The molecule has 0 saturated carbocycles. The lowest BCUT2D eigenvalue weighted by atomic mass is 10.1. The SMILES string of the molecule is CC(=O)Nc1cc(C(=O)N2CCNC(C)C2)ccc1F.Cl. The highest BCUT2D eigenvalue weighted by Gasteiger charge is 2.22. The van der Waals surface area contributed by atoms with E-state index in [0.29, 0.717) is 18.7 Å². The smallest absolute Gasteiger partial charge is 0.254 e. The molecule has 1 aromatic carbocycles. The molecule has 7 heteroatoms. The van der Waals surface area contributed by atoms with Crippen molar-refractivity contribution < 1.29 is 14.0 Å².